The number of nitrogens with zero attached hydrogens (tertiary/aromatic N) is 1. The lowest BCUT2D eigenvalue weighted by molar-refractivity contribution is -0.235. The molecule has 16 heavy (non-hydrogen) atoms. The molecule has 0 fully saturated rings. The number of aliphatic hydroxyl groups is 2. The second kappa shape index (κ2) is 5.60. The van der Waals surface area contributed by atoms with E-state index in [0.717, 1.165) is 0 Å². The lowest BCUT2D eigenvalue weighted by Crippen LogP contribution is -2.46. The van der Waals surface area contributed by atoms with E-state index in [1.54, 1.807) is 6.92 Å². The van der Waals surface area contributed by atoms with Crippen LogP contribution in [0.15, 0.2) is 4.40 Å². The topological polar surface area (TPSA) is 110 Å². The SMILES string of the molecule is CCC(CO)(CO)/C([O-])=N/S(=O)(=O)C(C)C. The largest absolute Gasteiger partial charge is 0.861 e. The first-order chi connectivity index (χ1) is 7.25. The van der Waals surface area contributed by atoms with Crippen molar-refractivity contribution in [2.24, 2.45) is 9.81 Å². The number of hydrogen-bond acceptors (Lipinski definition) is 5. The predicted octanol–water partition coefficient (Wildman–Crippen LogP) is -1.14. The van der Waals surface area contributed by atoms with E-state index in [-0.39, 0.29) is 6.42 Å². The fourth-order valence-electron chi connectivity index (χ4n) is 0.878. The molecule has 0 aliphatic rings. The average molecular weight is 252 g/mol. The van der Waals surface area contributed by atoms with Crippen LogP contribution in [0.3, 0.4) is 0 Å². The van der Waals surface area contributed by atoms with Gasteiger partial charge in [0, 0.05) is 5.41 Å². The Morgan fingerprint density at radius 3 is 2.06 bits per heavy atom. The molecule has 7 heteroatoms. The van der Waals surface area contributed by atoms with E-state index in [9.17, 15) is 13.5 Å². The maximum atomic E-state index is 11.6. The third kappa shape index (κ3) is 3.16. The van der Waals surface area contributed by atoms with Gasteiger partial charge in [-0.25, -0.2) is 8.42 Å². The highest BCUT2D eigenvalue weighted by atomic mass is 32.2. The summed E-state index contributed by atoms with van der Waals surface area (Å²) in [6, 6.07) is 0. The van der Waals surface area contributed by atoms with E-state index in [2.05, 4.69) is 4.40 Å². The van der Waals surface area contributed by atoms with Crippen LogP contribution in [-0.2, 0) is 10.0 Å². The zero-order valence-corrected chi connectivity index (χ0v) is 10.5. The molecule has 0 saturated heterocycles. The Kier molecular flexibility index (Phi) is 5.37. The minimum absolute atomic E-state index is 0.121. The summed E-state index contributed by atoms with van der Waals surface area (Å²) < 4.78 is 25.9. The Balaban J connectivity index is 5.33. The summed E-state index contributed by atoms with van der Waals surface area (Å²) in [5.74, 6) is -0.992. The molecule has 0 heterocycles. The molecule has 0 bridgehead atoms. The standard InChI is InChI=1S/C9H19NO5S/c1-4-9(5-11,6-12)8(13)10-16(14,15)7(2)3/h7,11-12H,4-6H2,1-3H3,(H,10,13)/p-1. The lowest BCUT2D eigenvalue weighted by atomic mass is 9.87. The van der Waals surface area contributed by atoms with Gasteiger partial charge in [-0.15, -0.1) is 0 Å². The van der Waals surface area contributed by atoms with E-state index in [0.29, 0.717) is 0 Å². The van der Waals surface area contributed by atoms with Crippen molar-refractivity contribution in [1.82, 2.24) is 0 Å². The summed E-state index contributed by atoms with van der Waals surface area (Å²) in [6.07, 6.45) is 0.121. The number of rotatable bonds is 6. The van der Waals surface area contributed by atoms with Crippen molar-refractivity contribution in [1.29, 1.82) is 0 Å². The lowest BCUT2D eigenvalue weighted by Gasteiger charge is -2.33. The molecule has 0 aromatic heterocycles. The molecular formula is C9H18NO5S-. The van der Waals surface area contributed by atoms with Gasteiger partial charge in [-0.3, -0.25) is 0 Å². The van der Waals surface area contributed by atoms with Crippen molar-refractivity contribution < 1.29 is 23.7 Å². The maximum Gasteiger partial charge on any atom is 0.254 e. The molecule has 0 atom stereocenters. The van der Waals surface area contributed by atoms with Crippen LogP contribution in [0.5, 0.6) is 0 Å². The molecule has 6 nitrogen and oxygen atoms in total. The van der Waals surface area contributed by atoms with Crippen LogP contribution >= 0.6 is 0 Å². The molecule has 0 rings (SSSR count). The first-order valence-corrected chi connectivity index (χ1v) is 6.49. The van der Waals surface area contributed by atoms with Crippen LogP contribution in [0.4, 0.5) is 0 Å². The van der Waals surface area contributed by atoms with E-state index in [4.69, 9.17) is 10.2 Å². The van der Waals surface area contributed by atoms with Crippen LogP contribution < -0.4 is 5.11 Å². The summed E-state index contributed by atoms with van der Waals surface area (Å²) >= 11 is 0. The highest BCUT2D eigenvalue weighted by Gasteiger charge is 2.29. The van der Waals surface area contributed by atoms with Gasteiger partial charge in [0.2, 0.25) is 0 Å². The molecule has 2 N–H and O–H groups in total. The Bertz CT molecular complexity index is 335. The third-order valence-corrected chi connectivity index (χ3v) is 4.15. The molecule has 0 aliphatic carbocycles. The van der Waals surface area contributed by atoms with E-state index in [1.165, 1.54) is 13.8 Å². The van der Waals surface area contributed by atoms with Crippen LogP contribution in [0, 0.1) is 5.41 Å². The number of hydrogen-bond donors (Lipinski definition) is 2. The fourth-order valence-corrected chi connectivity index (χ4v) is 1.51. The van der Waals surface area contributed by atoms with Gasteiger partial charge < -0.3 is 15.3 Å². The zero-order chi connectivity index (χ0) is 13.0. The summed E-state index contributed by atoms with van der Waals surface area (Å²) in [5.41, 5.74) is -1.50. The Labute approximate surface area is 95.7 Å². The van der Waals surface area contributed by atoms with Crippen LogP contribution in [0.25, 0.3) is 0 Å². The minimum atomic E-state index is -3.86. The van der Waals surface area contributed by atoms with Gasteiger partial charge in [0.05, 0.1) is 18.5 Å². The van der Waals surface area contributed by atoms with Gasteiger partial charge in [-0.1, -0.05) is 6.92 Å². The molecule has 0 aliphatic heterocycles. The number of sulfonamides is 1. The van der Waals surface area contributed by atoms with Crippen molar-refractivity contribution >= 4 is 15.9 Å². The second-order valence-electron chi connectivity index (χ2n) is 3.91. The van der Waals surface area contributed by atoms with Crippen molar-refractivity contribution in [3.63, 3.8) is 0 Å². The second-order valence-corrected chi connectivity index (χ2v) is 6.07. The normalized spacial score (nSPS) is 14.5. The quantitative estimate of drug-likeness (QED) is 0.459. The van der Waals surface area contributed by atoms with E-state index in [1.807, 2.05) is 0 Å². The van der Waals surface area contributed by atoms with Gasteiger partial charge in [0.15, 0.2) is 0 Å². The molecule has 0 radical (unpaired) electrons. The third-order valence-electron chi connectivity index (χ3n) is 2.54. The Morgan fingerprint density at radius 2 is 1.81 bits per heavy atom. The first kappa shape index (κ1) is 15.3. The highest BCUT2D eigenvalue weighted by Crippen LogP contribution is 2.21. The van der Waals surface area contributed by atoms with E-state index < -0.39 is 39.8 Å². The van der Waals surface area contributed by atoms with Crippen molar-refractivity contribution in [2.45, 2.75) is 32.4 Å². The van der Waals surface area contributed by atoms with Gasteiger partial charge in [-0.2, -0.15) is 4.40 Å². The summed E-state index contributed by atoms with van der Waals surface area (Å²) in [6.45, 7) is 3.11. The monoisotopic (exact) mass is 252 g/mol. The number of aliphatic hydroxyl groups excluding tert-OH is 2. The Morgan fingerprint density at radius 1 is 1.38 bits per heavy atom. The summed E-state index contributed by atoms with van der Waals surface area (Å²) in [7, 11) is -3.86. The van der Waals surface area contributed by atoms with Crippen LogP contribution in [-0.4, -0.2) is 43.0 Å². The molecule has 0 saturated carbocycles. The van der Waals surface area contributed by atoms with Crippen LogP contribution in [0.2, 0.25) is 0 Å². The summed E-state index contributed by atoms with van der Waals surface area (Å²) in [5, 5.41) is 28.9. The molecule has 0 aromatic rings. The molecule has 96 valence electrons. The molecule has 0 aromatic carbocycles. The molecule has 0 spiro atoms. The van der Waals surface area contributed by atoms with Gasteiger partial charge in [0.1, 0.15) is 0 Å². The van der Waals surface area contributed by atoms with Gasteiger partial charge >= 0.3 is 0 Å². The Hall–Kier alpha value is -0.660. The average Bonchev–Trinajstić information content (AvgIpc) is 2.20. The van der Waals surface area contributed by atoms with Crippen molar-refractivity contribution in [2.75, 3.05) is 13.2 Å². The molecule has 0 unspecified atom stereocenters. The van der Waals surface area contributed by atoms with Crippen molar-refractivity contribution in [3.05, 3.63) is 0 Å². The fraction of sp³-hybridized carbons (Fsp3) is 0.889. The van der Waals surface area contributed by atoms with Gasteiger partial charge in [0.25, 0.3) is 10.0 Å². The highest BCUT2D eigenvalue weighted by molar-refractivity contribution is 7.90. The molecule has 0 amide bonds. The van der Waals surface area contributed by atoms with Crippen LogP contribution in [0.1, 0.15) is 27.2 Å². The van der Waals surface area contributed by atoms with Gasteiger partial charge in [-0.05, 0) is 26.2 Å². The summed E-state index contributed by atoms with van der Waals surface area (Å²) in [4.78, 5) is 0. The maximum absolute atomic E-state index is 11.6. The van der Waals surface area contributed by atoms with Crippen molar-refractivity contribution in [3.8, 4) is 0 Å². The van der Waals surface area contributed by atoms with E-state index >= 15 is 0 Å². The molecular weight excluding hydrogens is 234 g/mol. The minimum Gasteiger partial charge on any atom is -0.861 e. The zero-order valence-electron chi connectivity index (χ0n) is 9.67. The first-order valence-electron chi connectivity index (χ1n) is 4.98. The smallest absolute Gasteiger partial charge is 0.254 e. The predicted molar refractivity (Wildman–Crippen MR) is 58.4 cm³/mol.